The summed E-state index contributed by atoms with van der Waals surface area (Å²) in [7, 11) is 3.30. The molecular formula is C14H16N2O2. The summed E-state index contributed by atoms with van der Waals surface area (Å²) >= 11 is 0. The highest BCUT2D eigenvalue weighted by molar-refractivity contribution is 5.66. The van der Waals surface area contributed by atoms with Crippen LogP contribution in [-0.2, 0) is 0 Å². The minimum atomic E-state index is 0.676. The molecular weight excluding hydrogens is 228 g/mol. The molecule has 1 N–H and O–H groups in total. The Kier molecular flexibility index (Phi) is 2.70. The maximum absolute atomic E-state index is 5.39. The molecule has 1 aromatic heterocycles. The molecule has 0 saturated heterocycles. The molecule has 0 amide bonds. The Balaban J connectivity index is 1.98. The molecule has 18 heavy (non-hydrogen) atoms. The summed E-state index contributed by atoms with van der Waals surface area (Å²) in [6.45, 7) is 0. The lowest BCUT2D eigenvalue weighted by atomic mass is 10.2. The number of nitrogens with zero attached hydrogens (tertiary/aromatic N) is 1. The quantitative estimate of drug-likeness (QED) is 0.899. The number of ether oxygens (including phenoxy) is 2. The third-order valence-corrected chi connectivity index (χ3v) is 3.28. The maximum atomic E-state index is 5.39. The lowest BCUT2D eigenvalue weighted by molar-refractivity contribution is 0.395. The number of nitrogens with one attached hydrogen (secondary N) is 1. The van der Waals surface area contributed by atoms with Crippen molar-refractivity contribution in [3.63, 3.8) is 0 Å². The monoisotopic (exact) mass is 244 g/mol. The average molecular weight is 244 g/mol. The van der Waals surface area contributed by atoms with Gasteiger partial charge in [0, 0.05) is 23.9 Å². The summed E-state index contributed by atoms with van der Waals surface area (Å²) < 4.78 is 10.6. The van der Waals surface area contributed by atoms with E-state index < -0.39 is 0 Å². The van der Waals surface area contributed by atoms with Crippen LogP contribution >= 0.6 is 0 Å². The summed E-state index contributed by atoms with van der Waals surface area (Å²) in [4.78, 5) is 7.81. The number of aromatic nitrogens is 2. The molecule has 94 valence electrons. The number of hydrogen-bond donors (Lipinski definition) is 1. The van der Waals surface area contributed by atoms with E-state index in [1.807, 2.05) is 24.4 Å². The summed E-state index contributed by atoms with van der Waals surface area (Å²) in [6, 6.07) is 5.75. The SMILES string of the molecule is COc1ccc(-c2ncc(C3CC3)[nH]2)c(OC)c1. The van der Waals surface area contributed by atoms with Gasteiger partial charge in [-0.25, -0.2) is 4.98 Å². The second kappa shape index (κ2) is 4.37. The number of rotatable bonds is 4. The van der Waals surface area contributed by atoms with Crippen LogP contribution < -0.4 is 9.47 Å². The largest absolute Gasteiger partial charge is 0.497 e. The topological polar surface area (TPSA) is 47.1 Å². The second-order valence-electron chi connectivity index (χ2n) is 4.53. The van der Waals surface area contributed by atoms with Crippen molar-refractivity contribution in [3.05, 3.63) is 30.1 Å². The van der Waals surface area contributed by atoms with Crippen LogP contribution in [0, 0.1) is 0 Å². The minimum absolute atomic E-state index is 0.676. The van der Waals surface area contributed by atoms with Crippen LogP contribution in [0.3, 0.4) is 0 Å². The van der Waals surface area contributed by atoms with Crippen LogP contribution in [0.25, 0.3) is 11.4 Å². The predicted molar refractivity (Wildman–Crippen MR) is 69.1 cm³/mol. The molecule has 1 aromatic carbocycles. The van der Waals surface area contributed by atoms with Crippen LogP contribution in [0.15, 0.2) is 24.4 Å². The number of imidazole rings is 1. The van der Waals surface area contributed by atoms with Crippen molar-refractivity contribution in [2.24, 2.45) is 0 Å². The van der Waals surface area contributed by atoms with Gasteiger partial charge in [-0.15, -0.1) is 0 Å². The van der Waals surface area contributed by atoms with E-state index in [0.717, 1.165) is 22.9 Å². The molecule has 1 aliphatic carbocycles. The van der Waals surface area contributed by atoms with E-state index in [-0.39, 0.29) is 0 Å². The molecule has 0 aliphatic heterocycles. The molecule has 0 radical (unpaired) electrons. The lowest BCUT2D eigenvalue weighted by Gasteiger charge is -2.08. The van der Waals surface area contributed by atoms with Crippen LogP contribution in [0.5, 0.6) is 11.5 Å². The van der Waals surface area contributed by atoms with E-state index >= 15 is 0 Å². The van der Waals surface area contributed by atoms with Gasteiger partial charge < -0.3 is 14.5 Å². The van der Waals surface area contributed by atoms with Crippen molar-refractivity contribution in [2.45, 2.75) is 18.8 Å². The van der Waals surface area contributed by atoms with Gasteiger partial charge in [0.1, 0.15) is 17.3 Å². The van der Waals surface area contributed by atoms with Gasteiger partial charge in [0.2, 0.25) is 0 Å². The van der Waals surface area contributed by atoms with E-state index in [0.29, 0.717) is 5.92 Å². The fraction of sp³-hybridized carbons (Fsp3) is 0.357. The molecule has 0 bridgehead atoms. The van der Waals surface area contributed by atoms with Gasteiger partial charge in [-0.3, -0.25) is 0 Å². The molecule has 1 heterocycles. The highest BCUT2D eigenvalue weighted by atomic mass is 16.5. The zero-order valence-corrected chi connectivity index (χ0v) is 10.6. The average Bonchev–Trinajstić information content (AvgIpc) is 3.16. The molecule has 1 aliphatic rings. The molecule has 1 saturated carbocycles. The molecule has 0 spiro atoms. The van der Waals surface area contributed by atoms with Crippen molar-refractivity contribution in [3.8, 4) is 22.9 Å². The lowest BCUT2D eigenvalue weighted by Crippen LogP contribution is -1.91. The second-order valence-corrected chi connectivity index (χ2v) is 4.53. The Hall–Kier alpha value is -1.97. The van der Waals surface area contributed by atoms with Gasteiger partial charge in [0.25, 0.3) is 0 Å². The Morgan fingerprint density at radius 3 is 2.72 bits per heavy atom. The molecule has 1 fully saturated rings. The van der Waals surface area contributed by atoms with Crippen LogP contribution in [0.2, 0.25) is 0 Å². The zero-order chi connectivity index (χ0) is 12.5. The summed E-state index contributed by atoms with van der Waals surface area (Å²) in [6.07, 6.45) is 4.46. The molecule has 3 rings (SSSR count). The number of aromatic amines is 1. The number of methoxy groups -OCH3 is 2. The Bertz CT molecular complexity index is 559. The zero-order valence-electron chi connectivity index (χ0n) is 10.6. The number of benzene rings is 1. The number of H-pyrrole nitrogens is 1. The fourth-order valence-corrected chi connectivity index (χ4v) is 2.07. The first-order valence-electron chi connectivity index (χ1n) is 6.09. The summed E-state index contributed by atoms with van der Waals surface area (Å²) in [5.41, 5.74) is 2.19. The van der Waals surface area contributed by atoms with Gasteiger partial charge in [-0.1, -0.05) is 0 Å². The third kappa shape index (κ3) is 1.94. The smallest absolute Gasteiger partial charge is 0.141 e. The van der Waals surface area contributed by atoms with E-state index in [1.54, 1.807) is 14.2 Å². The first-order chi connectivity index (χ1) is 8.81. The van der Waals surface area contributed by atoms with Crippen molar-refractivity contribution in [2.75, 3.05) is 14.2 Å². The van der Waals surface area contributed by atoms with E-state index in [9.17, 15) is 0 Å². The van der Waals surface area contributed by atoms with Crippen molar-refractivity contribution >= 4 is 0 Å². The Morgan fingerprint density at radius 2 is 2.06 bits per heavy atom. The molecule has 4 nitrogen and oxygen atoms in total. The maximum Gasteiger partial charge on any atom is 0.141 e. The Labute approximate surface area is 106 Å². The normalized spacial score (nSPS) is 14.6. The first kappa shape index (κ1) is 11.1. The van der Waals surface area contributed by atoms with Crippen molar-refractivity contribution in [1.82, 2.24) is 9.97 Å². The van der Waals surface area contributed by atoms with E-state index in [4.69, 9.17) is 9.47 Å². The molecule has 2 aromatic rings. The summed E-state index contributed by atoms with van der Waals surface area (Å²) in [5, 5.41) is 0. The van der Waals surface area contributed by atoms with E-state index in [1.165, 1.54) is 18.5 Å². The first-order valence-corrected chi connectivity index (χ1v) is 6.09. The minimum Gasteiger partial charge on any atom is -0.497 e. The summed E-state index contributed by atoms with van der Waals surface area (Å²) in [5.74, 6) is 3.09. The molecule has 4 heteroatoms. The third-order valence-electron chi connectivity index (χ3n) is 3.28. The van der Waals surface area contributed by atoms with Gasteiger partial charge in [0.15, 0.2) is 0 Å². The molecule has 0 atom stereocenters. The van der Waals surface area contributed by atoms with Gasteiger partial charge >= 0.3 is 0 Å². The predicted octanol–water partition coefficient (Wildman–Crippen LogP) is 2.97. The number of hydrogen-bond acceptors (Lipinski definition) is 3. The van der Waals surface area contributed by atoms with Crippen LogP contribution in [0.1, 0.15) is 24.5 Å². The Morgan fingerprint density at radius 1 is 1.22 bits per heavy atom. The van der Waals surface area contributed by atoms with E-state index in [2.05, 4.69) is 9.97 Å². The van der Waals surface area contributed by atoms with Crippen molar-refractivity contribution < 1.29 is 9.47 Å². The molecule has 0 unspecified atom stereocenters. The highest BCUT2D eigenvalue weighted by Crippen LogP contribution is 2.40. The standard InChI is InChI=1S/C14H16N2O2/c1-17-10-5-6-11(13(7-10)18-2)14-15-8-12(16-14)9-3-4-9/h5-9H,3-4H2,1-2H3,(H,15,16). The fourth-order valence-electron chi connectivity index (χ4n) is 2.07. The van der Waals surface area contributed by atoms with Gasteiger partial charge in [0.05, 0.1) is 19.8 Å². The van der Waals surface area contributed by atoms with Gasteiger partial charge in [-0.2, -0.15) is 0 Å². The van der Waals surface area contributed by atoms with Gasteiger partial charge in [-0.05, 0) is 25.0 Å². The van der Waals surface area contributed by atoms with Crippen LogP contribution in [-0.4, -0.2) is 24.2 Å². The highest BCUT2D eigenvalue weighted by Gasteiger charge is 2.25. The van der Waals surface area contributed by atoms with Crippen LogP contribution in [0.4, 0.5) is 0 Å². The van der Waals surface area contributed by atoms with Crippen molar-refractivity contribution in [1.29, 1.82) is 0 Å².